The second-order valence-corrected chi connectivity index (χ2v) is 6.46. The maximum absolute atomic E-state index is 12.4. The Morgan fingerprint density at radius 1 is 1.28 bits per heavy atom. The number of carboxylic acids is 1. The van der Waals surface area contributed by atoms with E-state index in [2.05, 4.69) is 10.5 Å². The predicted molar refractivity (Wildman–Crippen MR) is 90.5 cm³/mol. The first-order valence-electron chi connectivity index (χ1n) is 7.87. The molecule has 0 atom stereocenters. The number of hydrogen-bond donors (Lipinski definition) is 2. The molecule has 0 aliphatic rings. The first kappa shape index (κ1) is 18.5. The summed E-state index contributed by atoms with van der Waals surface area (Å²) in [5, 5.41) is 15.6. The van der Waals surface area contributed by atoms with Crippen LogP contribution in [-0.2, 0) is 11.4 Å². The molecule has 1 aromatic heterocycles. The number of para-hydroxylation sites is 1. The van der Waals surface area contributed by atoms with Crippen molar-refractivity contribution >= 4 is 11.9 Å². The number of carboxylic acid groups (broad SMARTS) is 1. The van der Waals surface area contributed by atoms with Crippen LogP contribution in [0.3, 0.4) is 0 Å². The molecule has 1 heterocycles. The van der Waals surface area contributed by atoms with E-state index in [9.17, 15) is 9.59 Å². The molecule has 7 nitrogen and oxygen atoms in total. The fraction of sp³-hybridized carbons (Fsp3) is 0.389. The minimum atomic E-state index is -1.05. The van der Waals surface area contributed by atoms with Crippen molar-refractivity contribution in [1.29, 1.82) is 0 Å². The molecule has 0 spiro atoms. The second kappa shape index (κ2) is 7.38. The summed E-state index contributed by atoms with van der Waals surface area (Å²) in [6.45, 7) is 6.96. The molecular formula is C18H22N2O5. The van der Waals surface area contributed by atoms with Crippen LogP contribution in [0.2, 0.25) is 0 Å². The zero-order valence-electron chi connectivity index (χ0n) is 14.8. The Balaban J connectivity index is 2.09. The number of ether oxygens (including phenoxy) is 1. The zero-order chi connectivity index (χ0) is 18.6. The van der Waals surface area contributed by atoms with Crippen molar-refractivity contribution in [3.05, 3.63) is 46.8 Å². The lowest BCUT2D eigenvalue weighted by atomic mass is 9.94. The summed E-state index contributed by atoms with van der Waals surface area (Å²) in [6.07, 6.45) is 0. The van der Waals surface area contributed by atoms with Crippen molar-refractivity contribution in [2.45, 2.75) is 34.3 Å². The van der Waals surface area contributed by atoms with Gasteiger partial charge in [0.1, 0.15) is 18.1 Å². The molecule has 0 unspecified atom stereocenters. The quantitative estimate of drug-likeness (QED) is 0.799. The summed E-state index contributed by atoms with van der Waals surface area (Å²) in [7, 11) is 0. The Hall–Kier alpha value is -2.83. The van der Waals surface area contributed by atoms with Gasteiger partial charge in [-0.2, -0.15) is 0 Å². The number of amides is 1. The summed E-state index contributed by atoms with van der Waals surface area (Å²) in [6, 6.07) is 6.81. The van der Waals surface area contributed by atoms with Crippen LogP contribution in [0.15, 0.2) is 28.8 Å². The lowest BCUT2D eigenvalue weighted by molar-refractivity contribution is -0.146. The van der Waals surface area contributed by atoms with Crippen LogP contribution in [-0.4, -0.2) is 28.7 Å². The van der Waals surface area contributed by atoms with E-state index in [4.69, 9.17) is 14.4 Å². The molecule has 0 fully saturated rings. The minimum Gasteiger partial charge on any atom is -0.488 e. The van der Waals surface area contributed by atoms with Crippen molar-refractivity contribution < 1.29 is 24.0 Å². The van der Waals surface area contributed by atoms with Gasteiger partial charge in [0.15, 0.2) is 0 Å². The van der Waals surface area contributed by atoms with E-state index >= 15 is 0 Å². The van der Waals surface area contributed by atoms with Gasteiger partial charge in [0.25, 0.3) is 5.91 Å². The van der Waals surface area contributed by atoms with Gasteiger partial charge in [0.05, 0.1) is 22.2 Å². The lowest BCUT2D eigenvalue weighted by Crippen LogP contribution is -2.39. The van der Waals surface area contributed by atoms with Crippen LogP contribution in [0.1, 0.15) is 41.2 Å². The summed E-state index contributed by atoms with van der Waals surface area (Å²) in [5.41, 5.74) is 0.864. The molecule has 0 saturated heterocycles. The van der Waals surface area contributed by atoms with Gasteiger partial charge in [0, 0.05) is 6.54 Å². The Bertz CT molecular complexity index is 760. The van der Waals surface area contributed by atoms with Gasteiger partial charge in [-0.15, -0.1) is 0 Å². The van der Waals surface area contributed by atoms with Gasteiger partial charge in [-0.05, 0) is 39.8 Å². The van der Waals surface area contributed by atoms with Crippen LogP contribution < -0.4 is 10.1 Å². The molecular weight excluding hydrogens is 324 g/mol. The largest absolute Gasteiger partial charge is 0.488 e. The SMILES string of the molecule is Cc1noc(C)c1COc1ccccc1C(=O)NCC(C)(C)C(=O)O. The van der Waals surface area contributed by atoms with E-state index in [1.807, 2.05) is 6.92 Å². The molecule has 0 aliphatic heterocycles. The summed E-state index contributed by atoms with van der Waals surface area (Å²) < 4.78 is 10.9. The highest BCUT2D eigenvalue weighted by atomic mass is 16.5. The lowest BCUT2D eigenvalue weighted by Gasteiger charge is -2.20. The minimum absolute atomic E-state index is 0.0133. The molecule has 2 rings (SSSR count). The second-order valence-electron chi connectivity index (χ2n) is 6.46. The first-order valence-corrected chi connectivity index (χ1v) is 7.87. The number of aromatic nitrogens is 1. The topological polar surface area (TPSA) is 102 Å². The highest BCUT2D eigenvalue weighted by Gasteiger charge is 2.28. The summed E-state index contributed by atoms with van der Waals surface area (Å²) >= 11 is 0. The third-order valence-electron chi connectivity index (χ3n) is 3.95. The molecule has 0 bridgehead atoms. The Labute approximate surface area is 146 Å². The number of nitrogens with zero attached hydrogens (tertiary/aromatic N) is 1. The zero-order valence-corrected chi connectivity index (χ0v) is 14.8. The molecule has 25 heavy (non-hydrogen) atoms. The number of hydrogen-bond acceptors (Lipinski definition) is 5. The fourth-order valence-corrected chi connectivity index (χ4v) is 2.11. The maximum Gasteiger partial charge on any atom is 0.310 e. The number of aliphatic carboxylic acids is 1. The van der Waals surface area contributed by atoms with Crippen molar-refractivity contribution in [3.63, 3.8) is 0 Å². The molecule has 1 amide bonds. The van der Waals surface area contributed by atoms with Crippen LogP contribution >= 0.6 is 0 Å². The summed E-state index contributed by atoms with van der Waals surface area (Å²) in [4.78, 5) is 23.6. The first-order chi connectivity index (χ1) is 11.7. The number of rotatable bonds is 7. The summed E-state index contributed by atoms with van der Waals surface area (Å²) in [5.74, 6) is -0.282. The van der Waals surface area contributed by atoms with E-state index in [1.54, 1.807) is 45.0 Å². The van der Waals surface area contributed by atoms with Gasteiger partial charge in [0.2, 0.25) is 0 Å². The smallest absolute Gasteiger partial charge is 0.310 e. The van der Waals surface area contributed by atoms with Gasteiger partial charge in [-0.3, -0.25) is 9.59 Å². The standard InChI is InChI=1S/C18H22N2O5/c1-11-14(12(2)25-20-11)9-24-15-8-6-5-7-13(15)16(21)19-10-18(3,4)17(22)23/h5-8H,9-10H2,1-4H3,(H,19,21)(H,22,23). The fourth-order valence-electron chi connectivity index (χ4n) is 2.11. The normalized spacial score (nSPS) is 11.2. The Kier molecular flexibility index (Phi) is 5.46. The van der Waals surface area contributed by atoms with E-state index in [-0.39, 0.29) is 19.1 Å². The number of carbonyl (C=O) groups is 2. The van der Waals surface area contributed by atoms with Crippen molar-refractivity contribution in [2.75, 3.05) is 6.54 Å². The molecule has 2 aromatic rings. The molecule has 2 N–H and O–H groups in total. The number of carbonyl (C=O) groups excluding carboxylic acids is 1. The molecule has 134 valence electrons. The third kappa shape index (κ3) is 4.37. The van der Waals surface area contributed by atoms with Crippen molar-refractivity contribution in [2.24, 2.45) is 5.41 Å². The predicted octanol–water partition coefficient (Wildman–Crippen LogP) is 2.71. The van der Waals surface area contributed by atoms with Crippen LogP contribution in [0, 0.1) is 19.3 Å². The molecule has 7 heteroatoms. The monoisotopic (exact) mass is 346 g/mol. The van der Waals surface area contributed by atoms with Crippen LogP contribution in [0.5, 0.6) is 5.75 Å². The average molecular weight is 346 g/mol. The van der Waals surface area contributed by atoms with Gasteiger partial charge in [-0.1, -0.05) is 17.3 Å². The van der Waals surface area contributed by atoms with Gasteiger partial charge in [-0.25, -0.2) is 0 Å². The van der Waals surface area contributed by atoms with Crippen LogP contribution in [0.4, 0.5) is 0 Å². The van der Waals surface area contributed by atoms with E-state index < -0.39 is 11.4 Å². The highest BCUT2D eigenvalue weighted by molar-refractivity contribution is 5.97. The van der Waals surface area contributed by atoms with Crippen molar-refractivity contribution in [3.8, 4) is 5.75 Å². The van der Waals surface area contributed by atoms with Crippen molar-refractivity contribution in [1.82, 2.24) is 10.5 Å². The van der Waals surface area contributed by atoms with Gasteiger partial charge >= 0.3 is 5.97 Å². The Morgan fingerprint density at radius 2 is 1.96 bits per heavy atom. The number of nitrogens with one attached hydrogen (secondary N) is 1. The van der Waals surface area contributed by atoms with E-state index in [0.29, 0.717) is 17.1 Å². The van der Waals surface area contributed by atoms with E-state index in [1.165, 1.54) is 0 Å². The molecule has 0 radical (unpaired) electrons. The van der Waals surface area contributed by atoms with Gasteiger partial charge < -0.3 is 19.7 Å². The van der Waals surface area contributed by atoms with Crippen LogP contribution in [0.25, 0.3) is 0 Å². The maximum atomic E-state index is 12.4. The molecule has 1 aromatic carbocycles. The number of benzene rings is 1. The Morgan fingerprint density at radius 3 is 2.56 bits per heavy atom. The third-order valence-corrected chi connectivity index (χ3v) is 3.95. The van der Waals surface area contributed by atoms with E-state index in [0.717, 1.165) is 11.3 Å². The highest BCUT2D eigenvalue weighted by Crippen LogP contribution is 2.22. The molecule has 0 saturated carbocycles. The molecule has 0 aliphatic carbocycles. The number of aryl methyl sites for hydroxylation is 2. The average Bonchev–Trinajstić information content (AvgIpc) is 2.89.